The number of phenolic OH excluding ortho intramolecular Hbond substituents is 1. The molecule has 1 saturated carbocycles. The minimum absolute atomic E-state index is 0.0972. The summed E-state index contributed by atoms with van der Waals surface area (Å²) >= 11 is 0. The number of aliphatic hydroxyl groups is 1. The lowest BCUT2D eigenvalue weighted by molar-refractivity contribution is 0.0551. The van der Waals surface area contributed by atoms with Gasteiger partial charge in [-0.05, 0) is 37.0 Å². The fraction of sp³-hybridized carbons (Fsp3) is 0.600. The van der Waals surface area contributed by atoms with Crippen LogP contribution in [0.1, 0.15) is 49.7 Å². The van der Waals surface area contributed by atoms with Gasteiger partial charge in [0.1, 0.15) is 17.6 Å². The van der Waals surface area contributed by atoms with Crippen LogP contribution < -0.4 is 4.74 Å². The molecular formula is C15H20O3. The molecule has 0 amide bonds. The molecule has 0 spiro atoms. The number of rotatable bonds is 2. The molecular weight excluding hydrogens is 228 g/mol. The zero-order chi connectivity index (χ0) is 12.7. The Balaban J connectivity index is 1.92. The zero-order valence-electron chi connectivity index (χ0n) is 10.7. The van der Waals surface area contributed by atoms with E-state index in [1.807, 2.05) is 12.1 Å². The van der Waals surface area contributed by atoms with Crippen LogP contribution in [0.25, 0.3) is 0 Å². The van der Waals surface area contributed by atoms with Gasteiger partial charge in [0.2, 0.25) is 0 Å². The van der Waals surface area contributed by atoms with Crippen LogP contribution in [0.3, 0.4) is 0 Å². The Hall–Kier alpha value is -1.22. The highest BCUT2D eigenvalue weighted by Crippen LogP contribution is 2.47. The van der Waals surface area contributed by atoms with Gasteiger partial charge in [-0.1, -0.05) is 13.3 Å². The predicted octanol–water partition coefficient (Wildman–Crippen LogP) is 2.73. The molecule has 1 aromatic rings. The third-order valence-corrected chi connectivity index (χ3v) is 4.17. The standard InChI is InChI=1S/C15H20O3/c1-2-3-9-6-14-12(8-13(9)17)11-5-4-10(16)7-15(11)18-14/h6,8,10-11,15-17H,2-5,7H2,1H3/t10-,11+,15+/m1/s1. The normalized spacial score (nSPS) is 29.6. The second-order valence-electron chi connectivity index (χ2n) is 5.50. The number of hydrogen-bond acceptors (Lipinski definition) is 3. The van der Waals surface area contributed by atoms with Crippen molar-refractivity contribution < 1.29 is 14.9 Å². The van der Waals surface area contributed by atoms with Crippen LogP contribution in [0.15, 0.2) is 12.1 Å². The lowest BCUT2D eigenvalue weighted by Crippen LogP contribution is -2.30. The first kappa shape index (κ1) is 11.8. The second-order valence-corrected chi connectivity index (χ2v) is 5.50. The van der Waals surface area contributed by atoms with Crippen molar-refractivity contribution in [2.45, 2.75) is 57.2 Å². The van der Waals surface area contributed by atoms with Gasteiger partial charge in [-0.2, -0.15) is 0 Å². The van der Waals surface area contributed by atoms with E-state index in [0.717, 1.165) is 42.6 Å². The topological polar surface area (TPSA) is 49.7 Å². The molecule has 0 bridgehead atoms. The van der Waals surface area contributed by atoms with Crippen LogP contribution in [-0.4, -0.2) is 22.4 Å². The monoisotopic (exact) mass is 248 g/mol. The lowest BCUT2D eigenvalue weighted by atomic mass is 9.81. The Kier molecular flexibility index (Phi) is 2.94. The Morgan fingerprint density at radius 3 is 2.94 bits per heavy atom. The van der Waals surface area contributed by atoms with Crippen molar-refractivity contribution in [1.29, 1.82) is 0 Å². The van der Waals surface area contributed by atoms with Crippen molar-refractivity contribution in [3.05, 3.63) is 23.3 Å². The lowest BCUT2D eigenvalue weighted by Gasteiger charge is -2.27. The van der Waals surface area contributed by atoms with E-state index in [1.54, 1.807) is 0 Å². The SMILES string of the molecule is CCCc1cc2c(cc1O)[C@@H]1CC[C@@H](O)C[C@@H]1O2. The molecule has 3 nitrogen and oxygen atoms in total. The summed E-state index contributed by atoms with van der Waals surface area (Å²) in [6, 6.07) is 3.86. The van der Waals surface area contributed by atoms with Crippen LogP contribution in [0.4, 0.5) is 0 Å². The Labute approximate surface area is 107 Å². The number of fused-ring (bicyclic) bond motifs is 3. The molecule has 0 saturated heterocycles. The summed E-state index contributed by atoms with van der Waals surface area (Å²) in [5.74, 6) is 1.66. The maximum Gasteiger partial charge on any atom is 0.123 e. The van der Waals surface area contributed by atoms with Crippen LogP contribution >= 0.6 is 0 Å². The van der Waals surface area contributed by atoms with Gasteiger partial charge in [-0.15, -0.1) is 0 Å². The minimum atomic E-state index is -0.232. The van der Waals surface area contributed by atoms with Crippen molar-refractivity contribution in [3.8, 4) is 11.5 Å². The highest BCUT2D eigenvalue weighted by molar-refractivity contribution is 5.50. The zero-order valence-corrected chi connectivity index (χ0v) is 10.7. The van der Waals surface area contributed by atoms with E-state index in [4.69, 9.17) is 4.74 Å². The molecule has 2 aliphatic rings. The van der Waals surface area contributed by atoms with E-state index < -0.39 is 0 Å². The molecule has 1 fully saturated rings. The molecule has 3 atom stereocenters. The molecule has 1 aliphatic heterocycles. The number of hydrogen-bond donors (Lipinski definition) is 2. The van der Waals surface area contributed by atoms with Crippen LogP contribution in [0.2, 0.25) is 0 Å². The molecule has 0 aromatic heterocycles. The first-order valence-corrected chi connectivity index (χ1v) is 6.89. The Morgan fingerprint density at radius 1 is 1.33 bits per heavy atom. The smallest absolute Gasteiger partial charge is 0.123 e. The number of benzene rings is 1. The van der Waals surface area contributed by atoms with Gasteiger partial charge in [-0.3, -0.25) is 0 Å². The maximum absolute atomic E-state index is 10.0. The van der Waals surface area contributed by atoms with Gasteiger partial charge >= 0.3 is 0 Å². The number of phenols is 1. The fourth-order valence-corrected chi connectivity index (χ4v) is 3.25. The number of aryl methyl sites for hydroxylation is 1. The van der Waals surface area contributed by atoms with Crippen molar-refractivity contribution in [1.82, 2.24) is 0 Å². The predicted molar refractivity (Wildman–Crippen MR) is 69.1 cm³/mol. The Bertz CT molecular complexity index is 455. The van der Waals surface area contributed by atoms with Crippen LogP contribution in [-0.2, 0) is 6.42 Å². The van der Waals surface area contributed by atoms with E-state index in [1.165, 1.54) is 0 Å². The third-order valence-electron chi connectivity index (χ3n) is 4.17. The van der Waals surface area contributed by atoms with Gasteiger partial charge in [0.25, 0.3) is 0 Å². The minimum Gasteiger partial charge on any atom is -0.508 e. The highest BCUT2D eigenvalue weighted by Gasteiger charge is 2.39. The summed E-state index contributed by atoms with van der Waals surface area (Å²) < 4.78 is 5.95. The molecule has 2 N–H and O–H groups in total. The molecule has 3 rings (SSSR count). The van der Waals surface area contributed by atoms with E-state index in [0.29, 0.717) is 18.1 Å². The number of aromatic hydroxyl groups is 1. The second kappa shape index (κ2) is 4.47. The molecule has 98 valence electrons. The summed E-state index contributed by atoms with van der Waals surface area (Å²) in [6.07, 6.45) is 4.25. The van der Waals surface area contributed by atoms with Crippen molar-refractivity contribution in [3.63, 3.8) is 0 Å². The quantitative estimate of drug-likeness (QED) is 0.846. The number of aliphatic hydroxyl groups excluding tert-OH is 1. The average molecular weight is 248 g/mol. The van der Waals surface area contributed by atoms with Gasteiger partial charge in [-0.25, -0.2) is 0 Å². The summed E-state index contributed by atoms with van der Waals surface area (Å²) in [6.45, 7) is 2.10. The van der Waals surface area contributed by atoms with E-state index in [2.05, 4.69) is 6.92 Å². The largest absolute Gasteiger partial charge is 0.508 e. The first-order valence-electron chi connectivity index (χ1n) is 6.89. The van der Waals surface area contributed by atoms with Crippen molar-refractivity contribution in [2.24, 2.45) is 0 Å². The van der Waals surface area contributed by atoms with Crippen LogP contribution in [0.5, 0.6) is 11.5 Å². The van der Waals surface area contributed by atoms with Gasteiger partial charge in [0, 0.05) is 17.9 Å². The van der Waals surface area contributed by atoms with E-state index >= 15 is 0 Å². The number of ether oxygens (including phenoxy) is 1. The maximum atomic E-state index is 10.0. The fourth-order valence-electron chi connectivity index (χ4n) is 3.25. The van der Waals surface area contributed by atoms with Gasteiger partial charge in [0.15, 0.2) is 0 Å². The molecule has 0 radical (unpaired) electrons. The molecule has 3 heteroatoms. The van der Waals surface area contributed by atoms with Gasteiger partial charge in [0.05, 0.1) is 6.10 Å². The highest BCUT2D eigenvalue weighted by atomic mass is 16.5. The third kappa shape index (κ3) is 1.87. The Morgan fingerprint density at radius 2 is 2.17 bits per heavy atom. The van der Waals surface area contributed by atoms with E-state index in [9.17, 15) is 10.2 Å². The summed E-state index contributed by atoms with van der Waals surface area (Å²) in [4.78, 5) is 0. The molecule has 1 aliphatic carbocycles. The summed E-state index contributed by atoms with van der Waals surface area (Å²) in [5.41, 5.74) is 2.10. The summed E-state index contributed by atoms with van der Waals surface area (Å²) in [7, 11) is 0. The van der Waals surface area contributed by atoms with Gasteiger partial charge < -0.3 is 14.9 Å². The molecule has 1 heterocycles. The average Bonchev–Trinajstić information content (AvgIpc) is 2.66. The first-order chi connectivity index (χ1) is 8.69. The van der Waals surface area contributed by atoms with Crippen molar-refractivity contribution in [2.75, 3.05) is 0 Å². The molecule has 0 unspecified atom stereocenters. The van der Waals surface area contributed by atoms with E-state index in [-0.39, 0.29) is 12.2 Å². The summed E-state index contributed by atoms with van der Waals surface area (Å²) in [5, 5.41) is 19.7. The van der Waals surface area contributed by atoms with Crippen LogP contribution in [0, 0.1) is 0 Å². The molecule has 1 aromatic carbocycles. The van der Waals surface area contributed by atoms with Crippen molar-refractivity contribution >= 4 is 0 Å². The molecule has 18 heavy (non-hydrogen) atoms.